The van der Waals surface area contributed by atoms with E-state index < -0.39 is 10.5 Å². The number of ether oxygens (including phenoxy) is 1. The van der Waals surface area contributed by atoms with Crippen LogP contribution in [0.5, 0.6) is 11.5 Å². The third-order valence-electron chi connectivity index (χ3n) is 6.74. The highest BCUT2D eigenvalue weighted by molar-refractivity contribution is 7.71. The molecule has 5 rings (SSSR count). The zero-order valence-electron chi connectivity index (χ0n) is 23.1. The number of nitrogens with zero attached hydrogens (tertiary/aromatic N) is 3. The average molecular weight is 629 g/mol. The predicted molar refractivity (Wildman–Crippen MR) is 166 cm³/mol. The van der Waals surface area contributed by atoms with Crippen molar-refractivity contribution in [3.63, 3.8) is 0 Å². The largest absolute Gasteiger partial charge is 0.457 e. The summed E-state index contributed by atoms with van der Waals surface area (Å²) in [5.74, 6) is 0.864. The van der Waals surface area contributed by atoms with Crippen molar-refractivity contribution in [2.75, 3.05) is 14.2 Å². The number of rotatable bonds is 10. The smallest absolute Gasteiger partial charge is 0.273 e. The topological polar surface area (TPSA) is 114 Å². The summed E-state index contributed by atoms with van der Waals surface area (Å²) >= 11 is 17.9. The number of amides is 1. The lowest BCUT2D eigenvalue weighted by Gasteiger charge is -2.33. The molecule has 1 aliphatic rings. The highest BCUT2D eigenvalue weighted by atomic mass is 35.5. The van der Waals surface area contributed by atoms with Gasteiger partial charge in [-0.2, -0.15) is 0 Å². The Morgan fingerprint density at radius 1 is 1.14 bits per heavy atom. The number of aromatic nitrogens is 3. The van der Waals surface area contributed by atoms with Gasteiger partial charge in [0.25, 0.3) is 5.91 Å². The summed E-state index contributed by atoms with van der Waals surface area (Å²) in [5, 5.41) is 21.0. The summed E-state index contributed by atoms with van der Waals surface area (Å²) in [5.41, 5.74) is 0.457. The molecule has 4 aromatic rings. The first kappa shape index (κ1) is 31.2. The second-order valence-electron chi connectivity index (χ2n) is 9.63. The molecule has 1 amide bonds. The minimum Gasteiger partial charge on any atom is -0.457 e. The first-order valence-electron chi connectivity index (χ1n) is 13.1. The summed E-state index contributed by atoms with van der Waals surface area (Å²) in [7, 11) is 2.93. The van der Waals surface area contributed by atoms with Gasteiger partial charge in [-0.05, 0) is 61.0 Å². The van der Waals surface area contributed by atoms with E-state index in [0.29, 0.717) is 33.3 Å². The van der Waals surface area contributed by atoms with Crippen molar-refractivity contribution < 1.29 is 19.5 Å². The normalized spacial score (nSPS) is 15.0. The molecule has 1 fully saturated rings. The number of oxime groups is 1. The average Bonchev–Trinajstić information content (AvgIpc) is 3.65. The molecule has 1 saturated carbocycles. The molecule has 9 nitrogen and oxygen atoms in total. The minimum atomic E-state index is -1.13. The molecule has 0 radical (unpaired) electrons. The molecule has 42 heavy (non-hydrogen) atoms. The summed E-state index contributed by atoms with van der Waals surface area (Å²) in [6.45, 7) is 0.264. The maximum Gasteiger partial charge on any atom is 0.273 e. The third kappa shape index (κ3) is 7.57. The van der Waals surface area contributed by atoms with E-state index in [1.165, 1.54) is 20.5 Å². The highest BCUT2D eigenvalue weighted by Gasteiger charge is 2.58. The number of aliphatic hydroxyl groups is 1. The number of nitrogens with one attached hydrogen (secondary N) is 2. The minimum absolute atomic E-state index is 0.159. The van der Waals surface area contributed by atoms with Crippen molar-refractivity contribution in [3.8, 4) is 11.5 Å². The van der Waals surface area contributed by atoms with Gasteiger partial charge in [0, 0.05) is 18.5 Å². The van der Waals surface area contributed by atoms with E-state index in [2.05, 4.69) is 20.6 Å². The molecule has 12 heteroatoms. The number of hydrogen-bond donors (Lipinski definition) is 3. The molecule has 0 aliphatic heterocycles. The molecule has 1 unspecified atom stereocenters. The lowest BCUT2D eigenvalue weighted by Crippen LogP contribution is -2.47. The Bertz CT molecular complexity index is 1590. The van der Waals surface area contributed by atoms with Crippen LogP contribution in [0, 0.1) is 4.77 Å². The Morgan fingerprint density at radius 2 is 1.81 bits per heavy atom. The van der Waals surface area contributed by atoms with Gasteiger partial charge in [0.1, 0.15) is 30.5 Å². The second-order valence-corrected chi connectivity index (χ2v) is 11.1. The highest BCUT2D eigenvalue weighted by Crippen LogP contribution is 2.53. The fourth-order valence-corrected chi connectivity index (χ4v) is 4.92. The maximum absolute atomic E-state index is 11.9. The van der Waals surface area contributed by atoms with Crippen LogP contribution in [-0.4, -0.2) is 56.1 Å². The van der Waals surface area contributed by atoms with Crippen molar-refractivity contribution in [3.05, 3.63) is 106 Å². The zero-order valence-corrected chi connectivity index (χ0v) is 25.4. The van der Waals surface area contributed by atoms with Crippen LogP contribution in [0.25, 0.3) is 0 Å². The molecule has 1 aliphatic carbocycles. The van der Waals surface area contributed by atoms with Gasteiger partial charge >= 0.3 is 0 Å². The molecular formula is C30H31Cl2N5O4S. The Labute approximate surface area is 259 Å². The van der Waals surface area contributed by atoms with Crippen LogP contribution in [0.3, 0.4) is 0 Å². The lowest BCUT2D eigenvalue weighted by atomic mass is 9.89. The molecule has 1 heterocycles. The number of para-hydroxylation sites is 2. The van der Waals surface area contributed by atoms with Gasteiger partial charge in [-0.25, -0.2) is 4.98 Å². The van der Waals surface area contributed by atoms with Crippen molar-refractivity contribution in [1.29, 1.82) is 0 Å². The van der Waals surface area contributed by atoms with Crippen LogP contribution < -0.4 is 10.1 Å². The first-order chi connectivity index (χ1) is 20.2. The number of carbonyl (C=O) groups is 1. The van der Waals surface area contributed by atoms with E-state index in [0.717, 1.165) is 18.4 Å². The van der Waals surface area contributed by atoms with Crippen molar-refractivity contribution in [1.82, 2.24) is 20.1 Å². The van der Waals surface area contributed by atoms with E-state index in [1.807, 2.05) is 60.7 Å². The van der Waals surface area contributed by atoms with Crippen LogP contribution in [-0.2, 0) is 22.6 Å². The monoisotopic (exact) mass is 627 g/mol. The zero-order chi connectivity index (χ0) is 30.2. The van der Waals surface area contributed by atoms with Gasteiger partial charge in [0.2, 0.25) is 4.77 Å². The Morgan fingerprint density at radius 3 is 2.43 bits per heavy atom. The summed E-state index contributed by atoms with van der Waals surface area (Å²) in [4.78, 5) is 20.0. The van der Waals surface area contributed by atoms with Gasteiger partial charge in [0.15, 0.2) is 5.71 Å². The predicted octanol–water partition coefficient (Wildman–Crippen LogP) is 5.91. The van der Waals surface area contributed by atoms with Crippen molar-refractivity contribution in [2.45, 2.75) is 36.3 Å². The maximum atomic E-state index is 11.9. The Hall–Kier alpha value is -3.70. The molecule has 0 bridgehead atoms. The van der Waals surface area contributed by atoms with Crippen LogP contribution in [0.15, 0.2) is 90.3 Å². The van der Waals surface area contributed by atoms with E-state index in [1.54, 1.807) is 22.9 Å². The quantitative estimate of drug-likeness (QED) is 0.0871. The summed E-state index contributed by atoms with van der Waals surface area (Å²) < 4.78 is 7.85. The number of H-pyrrole nitrogens is 1. The van der Waals surface area contributed by atoms with Crippen LogP contribution in [0.1, 0.15) is 24.0 Å². The van der Waals surface area contributed by atoms with Crippen LogP contribution in [0.4, 0.5) is 0 Å². The number of carbonyl (C=O) groups excluding carboxylic acids is 1. The first-order valence-corrected chi connectivity index (χ1v) is 14.3. The van der Waals surface area contributed by atoms with Gasteiger partial charge < -0.3 is 20.0 Å². The molecule has 220 valence electrons. The fraction of sp³-hybridized carbons (Fsp3) is 0.267. The van der Waals surface area contributed by atoms with E-state index in [-0.39, 0.29) is 18.2 Å². The number of alkyl halides is 1. The SMILES string of the molecule is CNC(=O)/C(=N/OC)c1ccccc1Oc1ccccc1.OC(Cc1ccccc1Cl)(Cn1[nH]cnc1=S)C1(Cl)CC1. The molecule has 3 aromatic carbocycles. The summed E-state index contributed by atoms with van der Waals surface area (Å²) in [6.07, 6.45) is 3.43. The van der Waals surface area contributed by atoms with E-state index in [4.69, 9.17) is 45.0 Å². The summed E-state index contributed by atoms with van der Waals surface area (Å²) in [6, 6.07) is 24.0. The number of aromatic amines is 1. The van der Waals surface area contributed by atoms with Gasteiger partial charge in [-0.15, -0.1) is 11.6 Å². The van der Waals surface area contributed by atoms with Crippen molar-refractivity contribution >= 4 is 47.0 Å². The number of likely N-dealkylation sites (N-methyl/N-ethyl adjacent to an activating group) is 1. The van der Waals surface area contributed by atoms with Crippen molar-refractivity contribution in [2.24, 2.45) is 5.16 Å². The van der Waals surface area contributed by atoms with E-state index in [9.17, 15) is 9.90 Å². The number of hydrogen-bond acceptors (Lipinski definition) is 7. The third-order valence-corrected chi connectivity index (χ3v) is 8.17. The second kappa shape index (κ2) is 14.0. The van der Waals surface area contributed by atoms with Gasteiger partial charge in [-0.3, -0.25) is 14.6 Å². The standard InChI is InChI=1S/C16H16N2O3.C14H15Cl2N3OS/c1-17-16(19)15(18-20-2)13-10-6-7-11-14(13)21-12-8-4-3-5-9-12;15-11-4-2-1-3-10(11)7-14(20,13(16)5-6-13)8-19-12(21)17-9-18-19/h3-11H,1-2H3,(H,17,19);1-4,9,20H,5-8H2,(H,17,18,21)/b18-15+;. The Balaban J connectivity index is 0.000000193. The Kier molecular flexibility index (Phi) is 10.4. The number of halogens is 2. The molecule has 1 aromatic heterocycles. The van der Waals surface area contributed by atoms with Crippen LogP contribution in [0.2, 0.25) is 5.02 Å². The molecule has 1 atom stereocenters. The van der Waals surface area contributed by atoms with Crippen LogP contribution >= 0.6 is 35.4 Å². The lowest BCUT2D eigenvalue weighted by molar-refractivity contribution is -0.114. The molecule has 0 spiro atoms. The van der Waals surface area contributed by atoms with E-state index >= 15 is 0 Å². The van der Waals surface area contributed by atoms with Gasteiger partial charge in [0.05, 0.1) is 17.0 Å². The molecule has 0 saturated heterocycles. The van der Waals surface area contributed by atoms with Gasteiger partial charge in [-0.1, -0.05) is 65.3 Å². The number of benzene rings is 3. The molecule has 3 N–H and O–H groups in total. The fourth-order valence-electron chi connectivity index (χ4n) is 4.33. The molecular weight excluding hydrogens is 597 g/mol.